The lowest BCUT2D eigenvalue weighted by atomic mass is 9.96. The molecule has 4 heterocycles. The number of fused-ring (bicyclic) bond motifs is 2. The maximum absolute atomic E-state index is 12.8. The van der Waals surface area contributed by atoms with Gasteiger partial charge in [-0.2, -0.15) is 5.26 Å². The van der Waals surface area contributed by atoms with Gasteiger partial charge in [-0.25, -0.2) is 9.78 Å². The zero-order valence-electron chi connectivity index (χ0n) is 26.7. The number of rotatable bonds is 5. The zero-order chi connectivity index (χ0) is 31.0. The molecule has 1 amide bonds. The highest BCUT2D eigenvalue weighted by atomic mass is 16.6. The first-order valence-corrected chi connectivity index (χ1v) is 15.9. The van der Waals surface area contributed by atoms with Crippen LogP contribution < -0.4 is 14.5 Å². The Bertz CT molecular complexity index is 1580. The van der Waals surface area contributed by atoms with Gasteiger partial charge in [-0.1, -0.05) is 30.3 Å². The third-order valence-corrected chi connectivity index (χ3v) is 9.17. The topological polar surface area (TPSA) is 85.2 Å². The van der Waals surface area contributed by atoms with Gasteiger partial charge < -0.3 is 29.1 Å². The van der Waals surface area contributed by atoms with Crippen molar-refractivity contribution >= 4 is 28.2 Å². The standard InChI is InChI=1S/C35H44N6O3/c1-24-9-6-10-25-11-7-13-30(31(24)25)41-16-14-27-29(22-41)37-33(43-23-26-12-8-15-38(26)5)28(21-36)32(27)39-17-19-40(20-18-39)34(42)44-35(2,3)4/h6-7,9-11,13,26H,8,12,14-20,22-23H2,1-5H3/t26-/m0/s1. The molecule has 3 aromatic rings. The van der Waals surface area contributed by atoms with E-state index in [0.29, 0.717) is 56.8 Å². The summed E-state index contributed by atoms with van der Waals surface area (Å²) in [7, 11) is 2.13. The third-order valence-electron chi connectivity index (χ3n) is 9.17. The number of hydrogen-bond acceptors (Lipinski definition) is 8. The molecule has 0 N–H and O–H groups in total. The van der Waals surface area contributed by atoms with Gasteiger partial charge in [0.1, 0.15) is 23.8 Å². The number of likely N-dealkylation sites (tertiary alicyclic amines) is 1. The summed E-state index contributed by atoms with van der Waals surface area (Å²) in [6.45, 7) is 13.1. The minimum Gasteiger partial charge on any atom is -0.475 e. The van der Waals surface area contributed by atoms with Crippen molar-refractivity contribution in [2.75, 3.05) is 62.7 Å². The Labute approximate surface area is 260 Å². The van der Waals surface area contributed by atoms with Gasteiger partial charge in [0.15, 0.2) is 0 Å². The first-order valence-electron chi connectivity index (χ1n) is 15.9. The van der Waals surface area contributed by atoms with E-state index in [1.165, 1.54) is 22.0 Å². The van der Waals surface area contributed by atoms with Gasteiger partial charge in [-0.3, -0.25) is 0 Å². The Morgan fingerprint density at radius 1 is 1.05 bits per heavy atom. The van der Waals surface area contributed by atoms with Crippen LogP contribution >= 0.6 is 0 Å². The summed E-state index contributed by atoms with van der Waals surface area (Å²) < 4.78 is 12.1. The van der Waals surface area contributed by atoms with Crippen molar-refractivity contribution in [3.63, 3.8) is 0 Å². The number of anilines is 2. The molecular formula is C35H44N6O3. The van der Waals surface area contributed by atoms with Crippen LogP contribution in [-0.2, 0) is 17.7 Å². The third kappa shape index (κ3) is 6.00. The van der Waals surface area contributed by atoms with E-state index in [4.69, 9.17) is 14.5 Å². The second-order valence-electron chi connectivity index (χ2n) is 13.3. The van der Waals surface area contributed by atoms with Gasteiger partial charge in [-0.15, -0.1) is 0 Å². The lowest BCUT2D eigenvalue weighted by Crippen LogP contribution is -2.50. The fourth-order valence-corrected chi connectivity index (χ4v) is 6.87. The predicted molar refractivity (Wildman–Crippen MR) is 174 cm³/mol. The van der Waals surface area contributed by atoms with Crippen molar-refractivity contribution in [1.82, 2.24) is 14.8 Å². The monoisotopic (exact) mass is 596 g/mol. The van der Waals surface area contributed by atoms with Crippen molar-refractivity contribution in [3.05, 3.63) is 58.8 Å². The zero-order valence-corrected chi connectivity index (χ0v) is 26.7. The van der Waals surface area contributed by atoms with E-state index in [1.807, 2.05) is 20.8 Å². The number of nitriles is 1. The van der Waals surface area contributed by atoms with Crippen LogP contribution in [-0.4, -0.2) is 85.4 Å². The van der Waals surface area contributed by atoms with Crippen molar-refractivity contribution in [2.24, 2.45) is 0 Å². The Kier molecular flexibility index (Phi) is 8.30. The number of carbonyl (C=O) groups excluding carboxylic acids is 1. The summed E-state index contributed by atoms with van der Waals surface area (Å²) in [5, 5.41) is 13.0. The average molecular weight is 597 g/mol. The number of ether oxygens (including phenoxy) is 2. The Balaban J connectivity index is 1.34. The van der Waals surface area contributed by atoms with Crippen LogP contribution in [0.3, 0.4) is 0 Å². The van der Waals surface area contributed by atoms with Gasteiger partial charge in [0, 0.05) is 55.4 Å². The van der Waals surface area contributed by atoms with Crippen LogP contribution in [0.25, 0.3) is 10.8 Å². The molecule has 0 unspecified atom stereocenters. The van der Waals surface area contributed by atoms with E-state index >= 15 is 0 Å². The average Bonchev–Trinajstić information content (AvgIpc) is 3.42. The molecule has 0 saturated carbocycles. The minimum atomic E-state index is -0.541. The van der Waals surface area contributed by atoms with E-state index in [2.05, 4.69) is 71.1 Å². The fourth-order valence-electron chi connectivity index (χ4n) is 6.87. The molecule has 0 bridgehead atoms. The maximum Gasteiger partial charge on any atom is 0.410 e. The van der Waals surface area contributed by atoms with E-state index in [-0.39, 0.29) is 6.09 Å². The largest absolute Gasteiger partial charge is 0.475 e. The molecule has 3 aliphatic rings. The van der Waals surface area contributed by atoms with Gasteiger partial charge in [-0.05, 0) is 77.6 Å². The fraction of sp³-hybridized carbons (Fsp3) is 0.514. The number of aromatic nitrogens is 1. The summed E-state index contributed by atoms with van der Waals surface area (Å²) >= 11 is 0. The summed E-state index contributed by atoms with van der Waals surface area (Å²) in [4.78, 5) is 26.6. The van der Waals surface area contributed by atoms with Gasteiger partial charge in [0.25, 0.3) is 0 Å². The summed E-state index contributed by atoms with van der Waals surface area (Å²) in [5.41, 5.74) is 5.42. The minimum absolute atomic E-state index is 0.292. The van der Waals surface area contributed by atoms with Crippen LogP contribution in [0, 0.1) is 18.3 Å². The van der Waals surface area contributed by atoms with Crippen LogP contribution in [0.5, 0.6) is 5.88 Å². The van der Waals surface area contributed by atoms with Crippen LogP contribution in [0.1, 0.15) is 56.0 Å². The van der Waals surface area contributed by atoms with E-state index in [9.17, 15) is 10.1 Å². The number of carbonyl (C=O) groups is 1. The van der Waals surface area contributed by atoms with E-state index < -0.39 is 5.60 Å². The first-order chi connectivity index (χ1) is 21.1. The van der Waals surface area contributed by atoms with Gasteiger partial charge in [0.2, 0.25) is 5.88 Å². The number of piperazine rings is 1. The SMILES string of the molecule is Cc1cccc2cccc(N3CCc4c(nc(OC[C@@H]5CCCN5C)c(C#N)c4N4CCN(C(=O)OC(C)(C)C)CC4)C3)c12. The molecule has 1 aromatic heterocycles. The molecule has 9 nitrogen and oxygen atoms in total. The van der Waals surface area contributed by atoms with Crippen LogP contribution in [0.2, 0.25) is 0 Å². The molecule has 3 aliphatic heterocycles. The van der Waals surface area contributed by atoms with Crippen LogP contribution in [0.4, 0.5) is 16.2 Å². The molecule has 44 heavy (non-hydrogen) atoms. The predicted octanol–water partition coefficient (Wildman–Crippen LogP) is 5.51. The summed E-state index contributed by atoms with van der Waals surface area (Å²) in [5.74, 6) is 0.423. The molecule has 9 heteroatoms. The van der Waals surface area contributed by atoms with Crippen molar-refractivity contribution < 1.29 is 14.3 Å². The molecule has 6 rings (SSSR count). The summed E-state index contributed by atoms with van der Waals surface area (Å²) in [6, 6.07) is 15.7. The lowest BCUT2D eigenvalue weighted by molar-refractivity contribution is 0.0240. The van der Waals surface area contributed by atoms with E-state index in [0.717, 1.165) is 49.3 Å². The number of likely N-dealkylation sites (N-methyl/N-ethyl adjacent to an activating group) is 1. The van der Waals surface area contributed by atoms with Crippen molar-refractivity contribution in [1.29, 1.82) is 5.26 Å². The number of pyridine rings is 1. The van der Waals surface area contributed by atoms with Crippen molar-refractivity contribution in [2.45, 2.75) is 65.1 Å². The van der Waals surface area contributed by atoms with Crippen LogP contribution in [0.15, 0.2) is 36.4 Å². The molecule has 232 valence electrons. The highest BCUT2D eigenvalue weighted by Gasteiger charge is 2.33. The second-order valence-corrected chi connectivity index (χ2v) is 13.3. The van der Waals surface area contributed by atoms with E-state index in [1.54, 1.807) is 4.90 Å². The lowest BCUT2D eigenvalue weighted by Gasteiger charge is -2.40. The second kappa shape index (κ2) is 12.2. The number of amides is 1. The molecule has 2 aromatic carbocycles. The Morgan fingerprint density at radius 2 is 1.80 bits per heavy atom. The highest BCUT2D eigenvalue weighted by molar-refractivity contribution is 5.97. The van der Waals surface area contributed by atoms with Gasteiger partial charge >= 0.3 is 6.09 Å². The number of benzene rings is 2. The highest BCUT2D eigenvalue weighted by Crippen LogP contribution is 2.39. The molecular weight excluding hydrogens is 552 g/mol. The molecule has 2 fully saturated rings. The number of aryl methyl sites for hydroxylation is 1. The number of nitrogens with zero attached hydrogens (tertiary/aromatic N) is 6. The quantitative estimate of drug-likeness (QED) is 0.382. The Hall–Kier alpha value is -4.03. The van der Waals surface area contributed by atoms with Gasteiger partial charge in [0.05, 0.1) is 17.9 Å². The number of hydrogen-bond donors (Lipinski definition) is 0. The molecule has 0 aliphatic carbocycles. The van der Waals surface area contributed by atoms with Crippen molar-refractivity contribution in [3.8, 4) is 11.9 Å². The molecule has 2 saturated heterocycles. The molecule has 1 atom stereocenters. The Morgan fingerprint density at radius 3 is 2.48 bits per heavy atom. The molecule has 0 radical (unpaired) electrons. The smallest absolute Gasteiger partial charge is 0.410 e. The maximum atomic E-state index is 12.8. The first kappa shape index (κ1) is 30.0. The normalized spacial score (nSPS) is 19.2. The summed E-state index contributed by atoms with van der Waals surface area (Å²) in [6.07, 6.45) is 2.71. The molecule has 0 spiro atoms.